The average Bonchev–Trinajstić information content (AvgIpc) is 3.23. The summed E-state index contributed by atoms with van der Waals surface area (Å²) in [6, 6.07) is 18.1. The average molecular weight is 305 g/mol. The van der Waals surface area contributed by atoms with Crippen molar-refractivity contribution in [3.63, 3.8) is 0 Å². The Bertz CT molecular complexity index is 754. The minimum absolute atomic E-state index is 0.0145. The Morgan fingerprint density at radius 2 is 1.87 bits per heavy atom. The van der Waals surface area contributed by atoms with E-state index in [9.17, 15) is 4.79 Å². The molecular weight excluding hydrogens is 286 g/mol. The van der Waals surface area contributed by atoms with E-state index in [1.54, 1.807) is 4.90 Å². The van der Waals surface area contributed by atoms with Gasteiger partial charge in [0.1, 0.15) is 0 Å². The molecule has 4 nitrogen and oxygen atoms in total. The first-order valence-corrected chi connectivity index (χ1v) is 8.08. The number of aliphatic imine (C=N–C) groups is 1. The van der Waals surface area contributed by atoms with Crippen molar-refractivity contribution in [1.82, 2.24) is 10.2 Å². The normalized spacial score (nSPS) is 19.4. The summed E-state index contributed by atoms with van der Waals surface area (Å²) in [6.07, 6.45) is 2.12. The standard InChI is InChI=1S/C19H19N3O/c23-18(15-7-2-1-3-8-15)22-13-12-20-19(22)21-17-11-10-14-6-4-5-9-16(14)17/h1-9,17H,10-13H2,(H,20,21). The van der Waals surface area contributed by atoms with Crippen molar-refractivity contribution >= 4 is 11.9 Å². The van der Waals surface area contributed by atoms with Crippen LogP contribution in [0.25, 0.3) is 0 Å². The van der Waals surface area contributed by atoms with Crippen LogP contribution in [-0.2, 0) is 6.42 Å². The number of rotatable bonds is 2. The minimum Gasteiger partial charge on any atom is -0.349 e. The van der Waals surface area contributed by atoms with Crippen LogP contribution in [0.4, 0.5) is 0 Å². The Hall–Kier alpha value is -2.62. The predicted molar refractivity (Wildman–Crippen MR) is 90.4 cm³/mol. The fraction of sp³-hybridized carbons (Fsp3) is 0.263. The van der Waals surface area contributed by atoms with Gasteiger partial charge in [-0.05, 0) is 36.1 Å². The quantitative estimate of drug-likeness (QED) is 0.927. The van der Waals surface area contributed by atoms with Crippen LogP contribution in [0.5, 0.6) is 0 Å². The molecule has 0 saturated carbocycles. The first kappa shape index (κ1) is 14.0. The monoisotopic (exact) mass is 305 g/mol. The Morgan fingerprint density at radius 1 is 1.09 bits per heavy atom. The third kappa shape index (κ3) is 2.61. The molecule has 0 radical (unpaired) electrons. The zero-order valence-corrected chi connectivity index (χ0v) is 12.9. The van der Waals surface area contributed by atoms with Crippen molar-refractivity contribution in [1.29, 1.82) is 0 Å². The number of nitrogens with zero attached hydrogens (tertiary/aromatic N) is 2. The van der Waals surface area contributed by atoms with Crippen molar-refractivity contribution in [3.8, 4) is 0 Å². The molecule has 1 unspecified atom stereocenters. The minimum atomic E-state index is 0.0145. The number of fused-ring (bicyclic) bond motifs is 1. The van der Waals surface area contributed by atoms with E-state index in [2.05, 4.69) is 34.6 Å². The molecule has 4 rings (SSSR count). The Morgan fingerprint density at radius 3 is 2.74 bits per heavy atom. The van der Waals surface area contributed by atoms with E-state index < -0.39 is 0 Å². The third-order valence-electron chi connectivity index (χ3n) is 4.54. The molecule has 1 aliphatic carbocycles. The van der Waals surface area contributed by atoms with Crippen LogP contribution in [-0.4, -0.2) is 29.9 Å². The topological polar surface area (TPSA) is 44.7 Å². The largest absolute Gasteiger partial charge is 0.349 e. The predicted octanol–water partition coefficient (Wildman–Crippen LogP) is 2.78. The number of hydrogen-bond acceptors (Lipinski definition) is 3. The number of carbonyl (C=O) groups is 1. The van der Waals surface area contributed by atoms with Crippen LogP contribution in [0.15, 0.2) is 59.6 Å². The van der Waals surface area contributed by atoms with Crippen molar-refractivity contribution in [2.45, 2.75) is 18.9 Å². The molecule has 2 aromatic carbocycles. The summed E-state index contributed by atoms with van der Waals surface area (Å²) in [4.78, 5) is 19.0. The number of aryl methyl sites for hydroxylation is 1. The van der Waals surface area contributed by atoms with Gasteiger partial charge in [0.2, 0.25) is 5.96 Å². The van der Waals surface area contributed by atoms with Crippen molar-refractivity contribution in [3.05, 3.63) is 71.3 Å². The van der Waals surface area contributed by atoms with Crippen LogP contribution in [0, 0.1) is 0 Å². The molecule has 1 heterocycles. The fourth-order valence-corrected chi connectivity index (χ4v) is 3.37. The molecule has 1 amide bonds. The third-order valence-corrected chi connectivity index (χ3v) is 4.54. The maximum Gasteiger partial charge on any atom is 0.260 e. The lowest BCUT2D eigenvalue weighted by atomic mass is 10.1. The maximum atomic E-state index is 12.7. The smallest absolute Gasteiger partial charge is 0.260 e. The molecule has 116 valence electrons. The highest BCUT2D eigenvalue weighted by molar-refractivity contribution is 6.06. The van der Waals surface area contributed by atoms with Crippen LogP contribution in [0.3, 0.4) is 0 Å². The van der Waals surface area contributed by atoms with Gasteiger partial charge in [-0.1, -0.05) is 42.5 Å². The molecule has 2 aliphatic rings. The fourth-order valence-electron chi connectivity index (χ4n) is 3.37. The molecule has 4 heteroatoms. The van der Waals surface area contributed by atoms with Crippen LogP contribution in [0.1, 0.15) is 33.9 Å². The van der Waals surface area contributed by atoms with Crippen molar-refractivity contribution in [2.75, 3.05) is 13.1 Å². The number of benzene rings is 2. The van der Waals surface area contributed by atoms with E-state index in [0.29, 0.717) is 24.6 Å². The van der Waals surface area contributed by atoms with Gasteiger partial charge in [-0.15, -0.1) is 0 Å². The van der Waals surface area contributed by atoms with Crippen LogP contribution in [0.2, 0.25) is 0 Å². The molecule has 1 aliphatic heterocycles. The molecule has 1 atom stereocenters. The van der Waals surface area contributed by atoms with E-state index in [-0.39, 0.29) is 11.9 Å². The van der Waals surface area contributed by atoms with E-state index in [1.165, 1.54) is 11.1 Å². The van der Waals surface area contributed by atoms with Gasteiger partial charge in [0.25, 0.3) is 5.91 Å². The zero-order valence-electron chi connectivity index (χ0n) is 12.9. The Kier molecular flexibility index (Phi) is 3.58. The van der Waals surface area contributed by atoms with E-state index >= 15 is 0 Å². The Labute approximate surface area is 135 Å². The number of amides is 1. The molecule has 0 saturated heterocycles. The lowest BCUT2D eigenvalue weighted by molar-refractivity contribution is 0.0853. The van der Waals surface area contributed by atoms with Gasteiger partial charge in [0.15, 0.2) is 0 Å². The summed E-state index contributed by atoms with van der Waals surface area (Å²) in [5.74, 6) is 0.723. The number of guanidine groups is 1. The molecule has 0 spiro atoms. The summed E-state index contributed by atoms with van der Waals surface area (Å²) in [5, 5.41) is 3.49. The van der Waals surface area contributed by atoms with Crippen molar-refractivity contribution in [2.24, 2.45) is 4.99 Å². The summed E-state index contributed by atoms with van der Waals surface area (Å²) in [5.41, 5.74) is 3.43. The van der Waals surface area contributed by atoms with Crippen LogP contribution >= 0.6 is 0 Å². The highest BCUT2D eigenvalue weighted by atomic mass is 16.2. The SMILES string of the molecule is O=C(c1ccccc1)N1CCN=C1NC1CCc2ccccc21. The first-order chi connectivity index (χ1) is 11.3. The first-order valence-electron chi connectivity index (χ1n) is 8.08. The molecule has 0 aromatic heterocycles. The van der Waals surface area contributed by atoms with E-state index in [4.69, 9.17) is 0 Å². The lowest BCUT2D eigenvalue weighted by Crippen LogP contribution is -2.43. The second-order valence-corrected chi connectivity index (χ2v) is 5.96. The second-order valence-electron chi connectivity index (χ2n) is 5.96. The van der Waals surface area contributed by atoms with Crippen molar-refractivity contribution < 1.29 is 4.79 Å². The highest BCUT2D eigenvalue weighted by Gasteiger charge is 2.29. The second kappa shape index (κ2) is 5.88. The molecule has 23 heavy (non-hydrogen) atoms. The Balaban J connectivity index is 1.52. The number of hydrogen-bond donors (Lipinski definition) is 1. The van der Waals surface area contributed by atoms with Gasteiger partial charge < -0.3 is 5.32 Å². The van der Waals surface area contributed by atoms with Gasteiger partial charge in [-0.2, -0.15) is 0 Å². The highest BCUT2D eigenvalue weighted by Crippen LogP contribution is 2.31. The summed E-state index contributed by atoms with van der Waals surface area (Å²) >= 11 is 0. The lowest BCUT2D eigenvalue weighted by Gasteiger charge is -2.23. The molecule has 1 N–H and O–H groups in total. The van der Waals surface area contributed by atoms with Gasteiger partial charge in [-0.3, -0.25) is 14.7 Å². The zero-order chi connectivity index (χ0) is 15.6. The summed E-state index contributed by atoms with van der Waals surface area (Å²) in [6.45, 7) is 1.31. The van der Waals surface area contributed by atoms with E-state index in [0.717, 1.165) is 12.8 Å². The van der Waals surface area contributed by atoms with Crippen LogP contribution < -0.4 is 5.32 Å². The molecule has 0 bridgehead atoms. The summed E-state index contributed by atoms with van der Waals surface area (Å²) < 4.78 is 0. The number of carbonyl (C=O) groups excluding carboxylic acids is 1. The van der Waals surface area contributed by atoms with Gasteiger partial charge in [-0.25, -0.2) is 0 Å². The maximum absolute atomic E-state index is 12.7. The van der Waals surface area contributed by atoms with E-state index in [1.807, 2.05) is 30.3 Å². The molecular formula is C19H19N3O. The number of nitrogens with one attached hydrogen (secondary N) is 1. The molecule has 2 aromatic rings. The van der Waals surface area contributed by atoms with Gasteiger partial charge in [0.05, 0.1) is 12.6 Å². The van der Waals surface area contributed by atoms with Gasteiger partial charge in [0, 0.05) is 12.1 Å². The summed E-state index contributed by atoms with van der Waals surface area (Å²) in [7, 11) is 0. The van der Waals surface area contributed by atoms with Gasteiger partial charge >= 0.3 is 0 Å². The molecule has 0 fully saturated rings.